The fraction of sp³-hybridized carbons (Fsp3) is 0.647. The summed E-state index contributed by atoms with van der Waals surface area (Å²) in [7, 11) is 0. The normalized spacial score (nSPS) is 18.1. The summed E-state index contributed by atoms with van der Waals surface area (Å²) in [6.45, 7) is 9.96. The maximum atomic E-state index is 5.94. The first kappa shape index (κ1) is 16.1. The molecule has 0 amide bonds. The van der Waals surface area contributed by atoms with Crippen LogP contribution in [0.1, 0.15) is 26.7 Å². The largest absolute Gasteiger partial charge is 0.490 e. The van der Waals surface area contributed by atoms with Gasteiger partial charge in [0.05, 0.1) is 6.61 Å². The molecular formula is C17H28N2O2. The van der Waals surface area contributed by atoms with Gasteiger partial charge in [-0.1, -0.05) is 19.1 Å². The van der Waals surface area contributed by atoms with Crippen molar-refractivity contribution in [1.82, 2.24) is 10.2 Å². The van der Waals surface area contributed by atoms with Gasteiger partial charge in [-0.2, -0.15) is 0 Å². The molecule has 0 aliphatic carbocycles. The quantitative estimate of drug-likeness (QED) is 0.758. The van der Waals surface area contributed by atoms with Crippen LogP contribution in [0.5, 0.6) is 11.5 Å². The van der Waals surface area contributed by atoms with Crippen LogP contribution in [-0.2, 0) is 0 Å². The maximum Gasteiger partial charge on any atom is 0.161 e. The average Bonchev–Trinajstić information content (AvgIpc) is 3.02. The Morgan fingerprint density at radius 1 is 1.14 bits per heavy atom. The number of nitrogens with one attached hydrogen (secondary N) is 1. The van der Waals surface area contributed by atoms with Gasteiger partial charge in [0.25, 0.3) is 0 Å². The van der Waals surface area contributed by atoms with Gasteiger partial charge < -0.3 is 14.8 Å². The lowest BCUT2D eigenvalue weighted by atomic mass is 10.2. The van der Waals surface area contributed by atoms with Crippen molar-refractivity contribution in [3.8, 4) is 11.5 Å². The van der Waals surface area contributed by atoms with Crippen LogP contribution < -0.4 is 14.8 Å². The molecule has 1 aliphatic rings. The summed E-state index contributed by atoms with van der Waals surface area (Å²) in [6, 6.07) is 8.57. The summed E-state index contributed by atoms with van der Waals surface area (Å²) in [5.41, 5.74) is 0. The highest BCUT2D eigenvalue weighted by molar-refractivity contribution is 5.39. The van der Waals surface area contributed by atoms with Gasteiger partial charge in [0, 0.05) is 19.1 Å². The van der Waals surface area contributed by atoms with Crippen molar-refractivity contribution in [3.63, 3.8) is 0 Å². The summed E-state index contributed by atoms with van der Waals surface area (Å²) in [5.74, 6) is 1.69. The summed E-state index contributed by atoms with van der Waals surface area (Å²) >= 11 is 0. The van der Waals surface area contributed by atoms with Gasteiger partial charge in [-0.3, -0.25) is 4.90 Å². The lowest BCUT2D eigenvalue weighted by Crippen LogP contribution is -2.40. The monoisotopic (exact) mass is 292 g/mol. The van der Waals surface area contributed by atoms with Crippen LogP contribution in [0.25, 0.3) is 0 Å². The van der Waals surface area contributed by atoms with Gasteiger partial charge in [0.2, 0.25) is 0 Å². The van der Waals surface area contributed by atoms with E-state index < -0.39 is 0 Å². The zero-order valence-electron chi connectivity index (χ0n) is 13.3. The highest BCUT2D eigenvalue weighted by Crippen LogP contribution is 2.26. The molecule has 1 saturated heterocycles. The minimum absolute atomic E-state index is 0.663. The molecule has 1 unspecified atom stereocenters. The zero-order chi connectivity index (χ0) is 14.9. The molecule has 1 aromatic rings. The minimum atomic E-state index is 0.663. The van der Waals surface area contributed by atoms with Crippen molar-refractivity contribution in [2.45, 2.75) is 32.7 Å². The predicted octanol–water partition coefficient (Wildman–Crippen LogP) is 2.54. The summed E-state index contributed by atoms with van der Waals surface area (Å²) < 4.78 is 11.5. The van der Waals surface area contributed by atoms with Gasteiger partial charge in [-0.25, -0.2) is 0 Å². The molecule has 2 rings (SSSR count). The molecule has 0 aromatic heterocycles. The van der Waals surface area contributed by atoms with E-state index >= 15 is 0 Å². The minimum Gasteiger partial charge on any atom is -0.490 e. The number of hydrogen-bond acceptors (Lipinski definition) is 4. The maximum absolute atomic E-state index is 5.94. The Bertz CT molecular complexity index is 406. The number of para-hydroxylation sites is 2. The Kier molecular flexibility index (Phi) is 6.83. The van der Waals surface area contributed by atoms with Gasteiger partial charge in [-0.05, 0) is 45.0 Å². The van der Waals surface area contributed by atoms with E-state index in [1.54, 1.807) is 0 Å². The van der Waals surface area contributed by atoms with Crippen molar-refractivity contribution < 1.29 is 9.47 Å². The lowest BCUT2D eigenvalue weighted by Gasteiger charge is -2.27. The van der Waals surface area contributed by atoms with Gasteiger partial charge in [-0.15, -0.1) is 0 Å². The van der Waals surface area contributed by atoms with E-state index in [0.717, 1.165) is 37.7 Å². The highest BCUT2D eigenvalue weighted by Gasteiger charge is 2.21. The molecule has 4 heteroatoms. The van der Waals surface area contributed by atoms with Crippen LogP contribution >= 0.6 is 0 Å². The van der Waals surface area contributed by atoms with Crippen LogP contribution in [0.15, 0.2) is 24.3 Å². The highest BCUT2D eigenvalue weighted by atomic mass is 16.5. The van der Waals surface area contributed by atoms with Crippen LogP contribution in [-0.4, -0.2) is 50.3 Å². The second-order valence-electron chi connectivity index (χ2n) is 5.41. The Morgan fingerprint density at radius 3 is 2.52 bits per heavy atom. The predicted molar refractivity (Wildman–Crippen MR) is 86.2 cm³/mol. The Labute approximate surface area is 128 Å². The van der Waals surface area contributed by atoms with Gasteiger partial charge >= 0.3 is 0 Å². The number of benzene rings is 1. The molecular weight excluding hydrogens is 264 g/mol. The number of hydrogen-bond donors (Lipinski definition) is 1. The lowest BCUT2D eigenvalue weighted by molar-refractivity contribution is 0.164. The molecule has 1 atom stereocenters. The van der Waals surface area contributed by atoms with Crippen molar-refractivity contribution in [2.75, 3.05) is 39.4 Å². The van der Waals surface area contributed by atoms with Crippen LogP contribution in [0.4, 0.5) is 0 Å². The standard InChI is InChI=1S/C17H28N2O2/c1-3-11-19(15-9-10-18-14-15)12-13-21-17-8-6-5-7-16(17)20-4-2/h5-8,15,18H,3-4,9-14H2,1-2H3. The fourth-order valence-corrected chi connectivity index (χ4v) is 2.83. The fourth-order valence-electron chi connectivity index (χ4n) is 2.83. The first-order chi connectivity index (χ1) is 10.3. The van der Waals surface area contributed by atoms with E-state index in [-0.39, 0.29) is 0 Å². The molecule has 1 aliphatic heterocycles. The van der Waals surface area contributed by atoms with E-state index in [9.17, 15) is 0 Å². The summed E-state index contributed by atoms with van der Waals surface area (Å²) in [6.07, 6.45) is 2.43. The first-order valence-corrected chi connectivity index (χ1v) is 8.14. The van der Waals surface area contributed by atoms with Crippen LogP contribution in [0.3, 0.4) is 0 Å². The SMILES string of the molecule is CCCN(CCOc1ccccc1OCC)C1CCNC1. The number of rotatable bonds is 9. The first-order valence-electron chi connectivity index (χ1n) is 8.14. The zero-order valence-corrected chi connectivity index (χ0v) is 13.3. The Hall–Kier alpha value is -1.26. The summed E-state index contributed by atoms with van der Waals surface area (Å²) in [4.78, 5) is 2.54. The molecule has 1 aromatic carbocycles. The molecule has 1 heterocycles. The van der Waals surface area contributed by atoms with Crippen LogP contribution in [0.2, 0.25) is 0 Å². The van der Waals surface area contributed by atoms with Crippen molar-refractivity contribution in [2.24, 2.45) is 0 Å². The van der Waals surface area contributed by atoms with Gasteiger partial charge in [0.15, 0.2) is 11.5 Å². The van der Waals surface area contributed by atoms with Gasteiger partial charge in [0.1, 0.15) is 6.61 Å². The smallest absolute Gasteiger partial charge is 0.161 e. The van der Waals surface area contributed by atoms with Crippen molar-refractivity contribution >= 4 is 0 Å². The molecule has 0 spiro atoms. The third-order valence-electron chi connectivity index (χ3n) is 3.85. The molecule has 0 saturated carbocycles. The molecule has 118 valence electrons. The molecule has 1 fully saturated rings. The number of nitrogens with zero attached hydrogens (tertiary/aromatic N) is 1. The second kappa shape index (κ2) is 8.90. The molecule has 0 bridgehead atoms. The van der Waals surface area contributed by atoms with E-state index in [1.807, 2.05) is 31.2 Å². The Morgan fingerprint density at radius 2 is 1.90 bits per heavy atom. The Balaban J connectivity index is 1.84. The molecule has 21 heavy (non-hydrogen) atoms. The average molecular weight is 292 g/mol. The third kappa shape index (κ3) is 4.90. The topological polar surface area (TPSA) is 33.7 Å². The van der Waals surface area contributed by atoms with Crippen LogP contribution in [0, 0.1) is 0 Å². The molecule has 1 N–H and O–H groups in total. The van der Waals surface area contributed by atoms with Crippen molar-refractivity contribution in [1.29, 1.82) is 0 Å². The molecule has 0 radical (unpaired) electrons. The van der Waals surface area contributed by atoms with E-state index in [0.29, 0.717) is 19.3 Å². The second-order valence-corrected chi connectivity index (χ2v) is 5.41. The van der Waals surface area contributed by atoms with Crippen molar-refractivity contribution in [3.05, 3.63) is 24.3 Å². The summed E-state index contributed by atoms with van der Waals surface area (Å²) in [5, 5.41) is 3.44. The van der Waals surface area contributed by atoms with E-state index in [4.69, 9.17) is 9.47 Å². The number of ether oxygens (including phenoxy) is 2. The molecule has 4 nitrogen and oxygen atoms in total. The third-order valence-corrected chi connectivity index (χ3v) is 3.85. The van der Waals surface area contributed by atoms with E-state index in [2.05, 4.69) is 17.1 Å². The van der Waals surface area contributed by atoms with E-state index in [1.165, 1.54) is 12.8 Å².